The molecule has 1 aromatic heterocycles. The van der Waals surface area contributed by atoms with Crippen LogP contribution in [-0.2, 0) is 0 Å². The van der Waals surface area contributed by atoms with E-state index in [0.29, 0.717) is 5.92 Å². The van der Waals surface area contributed by atoms with Gasteiger partial charge < -0.3 is 9.63 Å². The smallest absolute Gasteiger partial charge is 0.243 e. The Hall–Kier alpha value is -0.980. The summed E-state index contributed by atoms with van der Waals surface area (Å²) < 4.78 is 5.49. The molecule has 0 amide bonds. The van der Waals surface area contributed by atoms with Crippen molar-refractivity contribution in [2.75, 3.05) is 32.7 Å². The van der Waals surface area contributed by atoms with E-state index in [-0.39, 0.29) is 6.04 Å². The maximum Gasteiger partial charge on any atom is 0.243 e. The Balaban J connectivity index is 1.28. The van der Waals surface area contributed by atoms with Crippen LogP contribution in [0.4, 0.5) is 0 Å². The third-order valence-corrected chi connectivity index (χ3v) is 6.01. The summed E-state index contributed by atoms with van der Waals surface area (Å²) >= 11 is 0. The molecule has 4 rings (SSSR count). The number of β-amino-alcohol motifs (C(OH)–C–C–N with tert-alkyl or cyclic N) is 1. The molecule has 6 heteroatoms. The van der Waals surface area contributed by atoms with Gasteiger partial charge in [-0.2, -0.15) is 4.98 Å². The van der Waals surface area contributed by atoms with Crippen LogP contribution < -0.4 is 0 Å². The molecule has 2 heterocycles. The molecule has 1 atom stereocenters. The Kier molecular flexibility index (Phi) is 4.62. The normalized spacial score (nSPS) is 27.2. The predicted octanol–water partition coefficient (Wildman–Crippen LogP) is 2.32. The topological polar surface area (TPSA) is 65.6 Å². The van der Waals surface area contributed by atoms with Gasteiger partial charge in [0.25, 0.3) is 0 Å². The second kappa shape index (κ2) is 6.73. The zero-order chi connectivity index (χ0) is 16.6. The summed E-state index contributed by atoms with van der Waals surface area (Å²) in [5.74, 6) is 2.20. The third-order valence-electron chi connectivity index (χ3n) is 6.01. The van der Waals surface area contributed by atoms with Crippen LogP contribution in [0.1, 0.15) is 75.5 Å². The van der Waals surface area contributed by atoms with Gasteiger partial charge in [0.1, 0.15) is 0 Å². The number of hydrogen-bond donors (Lipinski definition) is 1. The summed E-state index contributed by atoms with van der Waals surface area (Å²) in [5, 5.41) is 14.9. The number of hydrogen-bond acceptors (Lipinski definition) is 6. The Morgan fingerprint density at radius 1 is 1.17 bits per heavy atom. The van der Waals surface area contributed by atoms with Crippen molar-refractivity contribution >= 4 is 0 Å². The minimum absolute atomic E-state index is 0.185. The molecule has 1 N–H and O–H groups in total. The lowest BCUT2D eigenvalue weighted by molar-refractivity contribution is -0.0387. The van der Waals surface area contributed by atoms with E-state index in [1.807, 2.05) is 0 Å². The van der Waals surface area contributed by atoms with Crippen LogP contribution in [0, 0.1) is 0 Å². The highest BCUT2D eigenvalue weighted by Crippen LogP contribution is 2.38. The third kappa shape index (κ3) is 3.65. The van der Waals surface area contributed by atoms with Gasteiger partial charge in [-0.1, -0.05) is 24.4 Å². The minimum atomic E-state index is -0.447. The fourth-order valence-electron chi connectivity index (χ4n) is 4.17. The fourth-order valence-corrected chi connectivity index (χ4v) is 4.17. The first-order valence-corrected chi connectivity index (χ1v) is 9.65. The van der Waals surface area contributed by atoms with Crippen molar-refractivity contribution in [3.05, 3.63) is 11.7 Å². The van der Waals surface area contributed by atoms with Gasteiger partial charge >= 0.3 is 0 Å². The van der Waals surface area contributed by atoms with E-state index >= 15 is 0 Å². The fraction of sp³-hybridized carbons (Fsp3) is 0.889. The number of rotatable bonds is 5. The lowest BCUT2D eigenvalue weighted by Crippen LogP contribution is -2.52. The van der Waals surface area contributed by atoms with Crippen LogP contribution in [-0.4, -0.2) is 63.4 Å². The molecular weight excluding hydrogens is 304 g/mol. The quantitative estimate of drug-likeness (QED) is 0.891. The Morgan fingerprint density at radius 2 is 1.88 bits per heavy atom. The molecule has 2 aliphatic carbocycles. The standard InChI is InChI=1S/C18H30N4O2/c1-14(17-19-16(20-24-17)15-5-6-15)22-11-9-21(10-12-22)13-18(23)7-3-2-4-8-18/h14-15,23H,2-13H2,1H3. The number of piperazine rings is 1. The molecule has 3 fully saturated rings. The summed E-state index contributed by atoms with van der Waals surface area (Å²) in [4.78, 5) is 9.45. The molecule has 134 valence electrons. The Labute approximate surface area is 144 Å². The first-order valence-electron chi connectivity index (χ1n) is 9.65. The molecule has 1 aliphatic heterocycles. The second-order valence-corrected chi connectivity index (χ2v) is 8.04. The van der Waals surface area contributed by atoms with Crippen molar-refractivity contribution < 1.29 is 9.63 Å². The Bertz CT molecular complexity index is 543. The average molecular weight is 334 g/mol. The van der Waals surface area contributed by atoms with E-state index in [9.17, 15) is 5.11 Å². The van der Waals surface area contributed by atoms with Crippen molar-refractivity contribution in [3.8, 4) is 0 Å². The highest BCUT2D eigenvalue weighted by atomic mass is 16.5. The van der Waals surface area contributed by atoms with Gasteiger partial charge in [0.15, 0.2) is 5.82 Å². The van der Waals surface area contributed by atoms with Crippen molar-refractivity contribution in [3.63, 3.8) is 0 Å². The second-order valence-electron chi connectivity index (χ2n) is 8.04. The molecule has 0 bridgehead atoms. The molecule has 24 heavy (non-hydrogen) atoms. The summed E-state index contributed by atoms with van der Waals surface area (Å²) in [6.45, 7) is 7.01. The summed E-state index contributed by atoms with van der Waals surface area (Å²) in [7, 11) is 0. The lowest BCUT2D eigenvalue weighted by Gasteiger charge is -2.41. The van der Waals surface area contributed by atoms with Gasteiger partial charge in [0.2, 0.25) is 5.89 Å². The van der Waals surface area contributed by atoms with Crippen molar-refractivity contribution in [1.29, 1.82) is 0 Å². The Morgan fingerprint density at radius 3 is 2.54 bits per heavy atom. The highest BCUT2D eigenvalue weighted by molar-refractivity contribution is 5.05. The SMILES string of the molecule is CC(c1nc(C2CC2)no1)N1CCN(CC2(O)CCCCC2)CC1. The van der Waals surface area contributed by atoms with Gasteiger partial charge in [-0.3, -0.25) is 9.80 Å². The molecular formula is C18H30N4O2. The van der Waals surface area contributed by atoms with Crippen LogP contribution in [0.5, 0.6) is 0 Å². The van der Waals surface area contributed by atoms with Gasteiger partial charge in [-0.25, -0.2) is 0 Å². The van der Waals surface area contributed by atoms with E-state index in [1.54, 1.807) is 0 Å². The van der Waals surface area contributed by atoms with E-state index < -0.39 is 5.60 Å². The van der Waals surface area contributed by atoms with Crippen LogP contribution in [0.3, 0.4) is 0 Å². The first kappa shape index (κ1) is 16.5. The maximum absolute atomic E-state index is 10.7. The van der Waals surface area contributed by atoms with E-state index in [0.717, 1.165) is 57.3 Å². The molecule has 0 spiro atoms. The largest absolute Gasteiger partial charge is 0.389 e. The molecule has 0 radical (unpaired) electrons. The van der Waals surface area contributed by atoms with E-state index in [4.69, 9.17) is 4.52 Å². The maximum atomic E-state index is 10.7. The molecule has 0 aromatic carbocycles. The average Bonchev–Trinajstić information content (AvgIpc) is 3.32. The molecule has 2 saturated carbocycles. The van der Waals surface area contributed by atoms with Crippen LogP contribution in [0.25, 0.3) is 0 Å². The monoisotopic (exact) mass is 334 g/mol. The number of aliphatic hydroxyl groups is 1. The molecule has 3 aliphatic rings. The van der Waals surface area contributed by atoms with Gasteiger partial charge in [-0.05, 0) is 32.6 Å². The molecule has 1 saturated heterocycles. The van der Waals surface area contributed by atoms with Crippen LogP contribution in [0.2, 0.25) is 0 Å². The van der Waals surface area contributed by atoms with Gasteiger partial charge in [-0.15, -0.1) is 0 Å². The minimum Gasteiger partial charge on any atom is -0.389 e. The van der Waals surface area contributed by atoms with Crippen molar-refractivity contribution in [2.45, 2.75) is 69.4 Å². The predicted molar refractivity (Wildman–Crippen MR) is 90.7 cm³/mol. The van der Waals surface area contributed by atoms with E-state index in [1.165, 1.54) is 32.1 Å². The van der Waals surface area contributed by atoms with Crippen molar-refractivity contribution in [1.82, 2.24) is 19.9 Å². The van der Waals surface area contributed by atoms with Gasteiger partial charge in [0, 0.05) is 38.6 Å². The van der Waals surface area contributed by atoms with Gasteiger partial charge in [0.05, 0.1) is 11.6 Å². The lowest BCUT2D eigenvalue weighted by atomic mass is 9.84. The molecule has 6 nitrogen and oxygen atoms in total. The van der Waals surface area contributed by atoms with Crippen LogP contribution in [0.15, 0.2) is 4.52 Å². The highest BCUT2D eigenvalue weighted by Gasteiger charge is 2.34. The summed E-state index contributed by atoms with van der Waals surface area (Å²) in [5.41, 5.74) is -0.447. The van der Waals surface area contributed by atoms with Crippen molar-refractivity contribution in [2.24, 2.45) is 0 Å². The number of aromatic nitrogens is 2. The zero-order valence-electron chi connectivity index (χ0n) is 14.8. The first-order chi connectivity index (χ1) is 11.6. The summed E-state index contributed by atoms with van der Waals surface area (Å²) in [6.07, 6.45) is 7.97. The number of nitrogens with zero attached hydrogens (tertiary/aromatic N) is 4. The van der Waals surface area contributed by atoms with Crippen LogP contribution >= 0.6 is 0 Å². The molecule has 1 unspecified atom stereocenters. The summed E-state index contributed by atoms with van der Waals surface area (Å²) in [6, 6.07) is 0.185. The van der Waals surface area contributed by atoms with E-state index in [2.05, 4.69) is 26.9 Å². The zero-order valence-corrected chi connectivity index (χ0v) is 14.8. The molecule has 1 aromatic rings.